The SMILES string of the molecule is CN1Cc2nn(C)nc2-c2cccc(N)c21. The van der Waals surface area contributed by atoms with Crippen LogP contribution in [0.25, 0.3) is 11.3 Å². The smallest absolute Gasteiger partial charge is 0.120 e. The highest BCUT2D eigenvalue weighted by Gasteiger charge is 2.25. The summed E-state index contributed by atoms with van der Waals surface area (Å²) in [4.78, 5) is 3.72. The second-order valence-corrected chi connectivity index (χ2v) is 4.08. The summed E-state index contributed by atoms with van der Waals surface area (Å²) in [5.74, 6) is 0. The van der Waals surface area contributed by atoms with E-state index in [1.54, 1.807) is 4.80 Å². The summed E-state index contributed by atoms with van der Waals surface area (Å²) in [6, 6.07) is 5.90. The third-order valence-corrected chi connectivity index (χ3v) is 2.87. The number of aryl methyl sites for hydroxylation is 1. The van der Waals surface area contributed by atoms with Gasteiger partial charge in [0.1, 0.15) is 11.4 Å². The van der Waals surface area contributed by atoms with E-state index in [0.717, 1.165) is 34.9 Å². The summed E-state index contributed by atoms with van der Waals surface area (Å²) in [6.07, 6.45) is 0. The van der Waals surface area contributed by atoms with Crippen molar-refractivity contribution in [3.63, 3.8) is 0 Å². The van der Waals surface area contributed by atoms with Gasteiger partial charge in [-0.1, -0.05) is 12.1 Å². The molecule has 2 heterocycles. The van der Waals surface area contributed by atoms with E-state index in [-0.39, 0.29) is 0 Å². The predicted molar refractivity (Wildman–Crippen MR) is 63.0 cm³/mol. The average Bonchev–Trinajstić information content (AvgIpc) is 2.58. The molecule has 16 heavy (non-hydrogen) atoms. The molecule has 0 aliphatic carbocycles. The number of benzene rings is 1. The van der Waals surface area contributed by atoms with Crippen molar-refractivity contribution in [2.24, 2.45) is 7.05 Å². The van der Waals surface area contributed by atoms with Gasteiger partial charge in [-0.2, -0.15) is 15.0 Å². The summed E-state index contributed by atoms with van der Waals surface area (Å²) in [7, 11) is 3.86. The standard InChI is InChI=1S/C11H13N5/c1-15-6-9-10(14-16(2)13-9)7-4-3-5-8(12)11(7)15/h3-5H,6,12H2,1-2H3. The highest BCUT2D eigenvalue weighted by atomic mass is 15.5. The molecular formula is C11H13N5. The molecule has 1 aliphatic heterocycles. The van der Waals surface area contributed by atoms with Crippen molar-refractivity contribution in [2.45, 2.75) is 6.54 Å². The van der Waals surface area contributed by atoms with Crippen molar-refractivity contribution in [2.75, 3.05) is 17.7 Å². The van der Waals surface area contributed by atoms with Gasteiger partial charge in [0.15, 0.2) is 0 Å². The Morgan fingerprint density at radius 1 is 1.25 bits per heavy atom. The van der Waals surface area contributed by atoms with Crippen LogP contribution in [0.1, 0.15) is 5.69 Å². The molecule has 5 nitrogen and oxygen atoms in total. The minimum Gasteiger partial charge on any atom is -0.397 e. The van der Waals surface area contributed by atoms with Crippen LogP contribution in [0.5, 0.6) is 0 Å². The highest BCUT2D eigenvalue weighted by Crippen LogP contribution is 2.39. The molecule has 1 aromatic heterocycles. The Kier molecular flexibility index (Phi) is 1.71. The Labute approximate surface area is 93.5 Å². The van der Waals surface area contributed by atoms with Crippen molar-refractivity contribution < 1.29 is 0 Å². The molecule has 0 radical (unpaired) electrons. The predicted octanol–water partition coefficient (Wildman–Crippen LogP) is 1.01. The topological polar surface area (TPSA) is 60.0 Å². The zero-order valence-electron chi connectivity index (χ0n) is 9.31. The van der Waals surface area contributed by atoms with E-state index in [0.29, 0.717) is 0 Å². The third kappa shape index (κ3) is 1.11. The van der Waals surface area contributed by atoms with E-state index in [2.05, 4.69) is 15.1 Å². The normalized spacial score (nSPS) is 13.5. The lowest BCUT2D eigenvalue weighted by atomic mass is 10.0. The lowest BCUT2D eigenvalue weighted by Gasteiger charge is -2.27. The second-order valence-electron chi connectivity index (χ2n) is 4.08. The molecule has 0 fully saturated rings. The fourth-order valence-corrected chi connectivity index (χ4v) is 2.24. The number of aromatic nitrogens is 3. The van der Waals surface area contributed by atoms with Crippen LogP contribution in [0.4, 0.5) is 11.4 Å². The summed E-state index contributed by atoms with van der Waals surface area (Å²) in [5, 5.41) is 8.74. The Hall–Kier alpha value is -2.04. The zero-order chi connectivity index (χ0) is 11.3. The van der Waals surface area contributed by atoms with Crippen LogP contribution in [0.15, 0.2) is 18.2 Å². The maximum Gasteiger partial charge on any atom is 0.120 e. The molecule has 82 valence electrons. The van der Waals surface area contributed by atoms with Gasteiger partial charge in [-0.05, 0) is 6.07 Å². The lowest BCUT2D eigenvalue weighted by molar-refractivity contribution is 0.645. The van der Waals surface area contributed by atoms with Crippen molar-refractivity contribution in [1.29, 1.82) is 0 Å². The Morgan fingerprint density at radius 2 is 2.06 bits per heavy atom. The number of nitrogen functional groups attached to an aromatic ring is 1. The van der Waals surface area contributed by atoms with Gasteiger partial charge in [0, 0.05) is 19.7 Å². The number of nitrogens with zero attached hydrogens (tertiary/aromatic N) is 4. The van der Waals surface area contributed by atoms with Crippen molar-refractivity contribution >= 4 is 11.4 Å². The lowest BCUT2D eigenvalue weighted by Crippen LogP contribution is -2.22. The third-order valence-electron chi connectivity index (χ3n) is 2.87. The van der Waals surface area contributed by atoms with E-state index in [4.69, 9.17) is 5.73 Å². The summed E-state index contributed by atoms with van der Waals surface area (Å²) in [5.41, 5.74) is 10.9. The summed E-state index contributed by atoms with van der Waals surface area (Å²) >= 11 is 0. The summed E-state index contributed by atoms with van der Waals surface area (Å²) < 4.78 is 0. The van der Waals surface area contributed by atoms with Crippen LogP contribution in [-0.2, 0) is 13.6 Å². The minimum atomic E-state index is 0.754. The first-order chi connectivity index (χ1) is 7.66. The molecule has 1 aromatic carbocycles. The van der Waals surface area contributed by atoms with Gasteiger partial charge in [0.25, 0.3) is 0 Å². The van der Waals surface area contributed by atoms with Gasteiger partial charge in [0.2, 0.25) is 0 Å². The molecule has 0 bridgehead atoms. The fraction of sp³-hybridized carbons (Fsp3) is 0.273. The quantitative estimate of drug-likeness (QED) is 0.666. The van der Waals surface area contributed by atoms with Gasteiger partial charge in [0.05, 0.1) is 17.9 Å². The van der Waals surface area contributed by atoms with E-state index in [1.165, 1.54) is 0 Å². The molecule has 1 aliphatic rings. The Balaban J connectivity index is 2.32. The molecule has 0 atom stereocenters. The van der Waals surface area contributed by atoms with E-state index < -0.39 is 0 Å². The molecule has 5 heteroatoms. The summed E-state index contributed by atoms with van der Waals surface area (Å²) in [6.45, 7) is 0.754. The zero-order valence-corrected chi connectivity index (χ0v) is 9.31. The first-order valence-electron chi connectivity index (χ1n) is 5.17. The number of hydrogen-bond donors (Lipinski definition) is 1. The maximum atomic E-state index is 6.00. The van der Waals surface area contributed by atoms with Crippen LogP contribution in [0.2, 0.25) is 0 Å². The van der Waals surface area contributed by atoms with Gasteiger partial charge in [-0.15, -0.1) is 0 Å². The maximum absolute atomic E-state index is 6.00. The number of hydrogen-bond acceptors (Lipinski definition) is 4. The van der Waals surface area contributed by atoms with Crippen LogP contribution < -0.4 is 10.6 Å². The first kappa shape index (κ1) is 9.21. The average molecular weight is 215 g/mol. The van der Waals surface area contributed by atoms with Crippen molar-refractivity contribution in [3.05, 3.63) is 23.9 Å². The Bertz CT molecular complexity index is 557. The van der Waals surface area contributed by atoms with Gasteiger partial charge < -0.3 is 10.6 Å². The fourth-order valence-electron chi connectivity index (χ4n) is 2.24. The molecule has 0 saturated carbocycles. The highest BCUT2D eigenvalue weighted by molar-refractivity contribution is 5.88. The van der Waals surface area contributed by atoms with Crippen LogP contribution >= 0.6 is 0 Å². The molecule has 2 aromatic rings. The van der Waals surface area contributed by atoms with E-state index in [9.17, 15) is 0 Å². The number of para-hydroxylation sites is 1. The molecule has 0 unspecified atom stereocenters. The van der Waals surface area contributed by atoms with Gasteiger partial charge in [-0.25, -0.2) is 0 Å². The Morgan fingerprint density at radius 3 is 2.88 bits per heavy atom. The van der Waals surface area contributed by atoms with Crippen LogP contribution in [0.3, 0.4) is 0 Å². The molecule has 0 saturated heterocycles. The molecule has 0 spiro atoms. The van der Waals surface area contributed by atoms with Gasteiger partial charge >= 0.3 is 0 Å². The monoisotopic (exact) mass is 215 g/mol. The number of fused-ring (bicyclic) bond motifs is 3. The van der Waals surface area contributed by atoms with E-state index >= 15 is 0 Å². The van der Waals surface area contributed by atoms with Gasteiger partial charge in [-0.3, -0.25) is 0 Å². The molecule has 3 rings (SSSR count). The molecular weight excluding hydrogens is 202 g/mol. The molecule has 0 amide bonds. The number of nitrogens with two attached hydrogens (primary N) is 1. The minimum absolute atomic E-state index is 0.754. The first-order valence-corrected chi connectivity index (χ1v) is 5.17. The number of rotatable bonds is 0. The second kappa shape index (κ2) is 2.98. The van der Waals surface area contributed by atoms with Crippen molar-refractivity contribution in [3.8, 4) is 11.3 Å². The van der Waals surface area contributed by atoms with Crippen LogP contribution in [-0.4, -0.2) is 22.0 Å². The van der Waals surface area contributed by atoms with Crippen molar-refractivity contribution in [1.82, 2.24) is 15.0 Å². The van der Waals surface area contributed by atoms with Crippen LogP contribution in [0, 0.1) is 0 Å². The largest absolute Gasteiger partial charge is 0.397 e. The molecule has 2 N–H and O–H groups in total. The number of anilines is 2. The van der Waals surface area contributed by atoms with E-state index in [1.807, 2.05) is 32.3 Å².